The largest absolute Gasteiger partial charge is 0.370 e. The van der Waals surface area contributed by atoms with Crippen molar-refractivity contribution in [2.45, 2.75) is 19.4 Å². The van der Waals surface area contributed by atoms with Gasteiger partial charge in [-0.3, -0.25) is 9.78 Å². The number of amides is 1. The fraction of sp³-hybridized carbons (Fsp3) is 0.294. The van der Waals surface area contributed by atoms with Crippen molar-refractivity contribution in [3.8, 4) is 0 Å². The first kappa shape index (κ1) is 14.9. The number of halogens is 1. The number of nitrogens with one attached hydrogen (secondary N) is 1. The van der Waals surface area contributed by atoms with Crippen LogP contribution in [0.5, 0.6) is 0 Å². The SMILES string of the molecule is O=C(NCc1ccccc1Cl)c1cncc(N2CCCC2)c1. The predicted octanol–water partition coefficient (Wildman–Crippen LogP) is 3.27. The summed E-state index contributed by atoms with van der Waals surface area (Å²) in [6.07, 6.45) is 5.81. The summed E-state index contributed by atoms with van der Waals surface area (Å²) < 4.78 is 0. The minimum absolute atomic E-state index is 0.131. The minimum Gasteiger partial charge on any atom is -0.370 e. The molecule has 2 aromatic rings. The molecule has 0 unspecified atom stereocenters. The van der Waals surface area contributed by atoms with Crippen LogP contribution in [-0.2, 0) is 6.54 Å². The van der Waals surface area contributed by atoms with Crippen LogP contribution in [0.1, 0.15) is 28.8 Å². The average molecular weight is 316 g/mol. The van der Waals surface area contributed by atoms with E-state index in [9.17, 15) is 4.79 Å². The molecule has 1 fully saturated rings. The highest BCUT2D eigenvalue weighted by Gasteiger charge is 2.14. The number of carbonyl (C=O) groups excluding carboxylic acids is 1. The smallest absolute Gasteiger partial charge is 0.253 e. The van der Waals surface area contributed by atoms with Gasteiger partial charge in [0, 0.05) is 30.9 Å². The first-order valence-electron chi connectivity index (χ1n) is 7.45. The van der Waals surface area contributed by atoms with Crippen LogP contribution < -0.4 is 10.2 Å². The first-order chi connectivity index (χ1) is 10.7. The molecule has 1 aliphatic heterocycles. The molecule has 3 rings (SSSR count). The maximum absolute atomic E-state index is 12.3. The molecule has 114 valence electrons. The Kier molecular flexibility index (Phi) is 4.59. The number of aromatic nitrogens is 1. The Morgan fingerprint density at radius 1 is 1.23 bits per heavy atom. The lowest BCUT2D eigenvalue weighted by Crippen LogP contribution is -2.24. The van der Waals surface area contributed by atoms with Crippen LogP contribution in [-0.4, -0.2) is 24.0 Å². The number of hydrogen-bond donors (Lipinski definition) is 1. The second-order valence-electron chi connectivity index (χ2n) is 5.40. The molecule has 0 radical (unpaired) electrons. The first-order valence-corrected chi connectivity index (χ1v) is 7.83. The molecule has 1 amide bonds. The zero-order chi connectivity index (χ0) is 15.4. The topological polar surface area (TPSA) is 45.2 Å². The monoisotopic (exact) mass is 315 g/mol. The third-order valence-electron chi connectivity index (χ3n) is 3.85. The Balaban J connectivity index is 1.67. The lowest BCUT2D eigenvalue weighted by Gasteiger charge is -2.17. The molecule has 22 heavy (non-hydrogen) atoms. The highest BCUT2D eigenvalue weighted by atomic mass is 35.5. The Labute approximate surface area is 135 Å². The number of benzene rings is 1. The lowest BCUT2D eigenvalue weighted by molar-refractivity contribution is 0.0950. The Hall–Kier alpha value is -2.07. The van der Waals surface area contributed by atoms with Crippen molar-refractivity contribution in [2.24, 2.45) is 0 Å². The third kappa shape index (κ3) is 3.39. The van der Waals surface area contributed by atoms with E-state index in [4.69, 9.17) is 11.6 Å². The molecular formula is C17H18ClN3O. The molecule has 4 nitrogen and oxygen atoms in total. The van der Waals surface area contributed by atoms with Gasteiger partial charge < -0.3 is 10.2 Å². The van der Waals surface area contributed by atoms with Gasteiger partial charge in [-0.25, -0.2) is 0 Å². The van der Waals surface area contributed by atoms with Crippen LogP contribution in [0.15, 0.2) is 42.7 Å². The standard InChI is InChI=1S/C17H18ClN3O/c18-16-6-2-1-5-13(16)11-20-17(22)14-9-15(12-19-10-14)21-7-3-4-8-21/h1-2,5-6,9-10,12H,3-4,7-8,11H2,(H,20,22). The summed E-state index contributed by atoms with van der Waals surface area (Å²) in [5.74, 6) is -0.131. The molecule has 2 heterocycles. The highest BCUT2D eigenvalue weighted by Crippen LogP contribution is 2.20. The minimum atomic E-state index is -0.131. The van der Waals surface area contributed by atoms with E-state index >= 15 is 0 Å². The fourth-order valence-corrected chi connectivity index (χ4v) is 2.82. The molecule has 5 heteroatoms. The summed E-state index contributed by atoms with van der Waals surface area (Å²) in [5.41, 5.74) is 2.50. The number of pyridine rings is 1. The van der Waals surface area contributed by atoms with Gasteiger partial charge in [0.05, 0.1) is 17.4 Å². The number of nitrogens with zero attached hydrogens (tertiary/aromatic N) is 2. The summed E-state index contributed by atoms with van der Waals surface area (Å²) in [6.45, 7) is 2.48. The summed E-state index contributed by atoms with van der Waals surface area (Å²) >= 11 is 6.09. The van der Waals surface area contributed by atoms with Crippen molar-refractivity contribution in [3.63, 3.8) is 0 Å². The van der Waals surface area contributed by atoms with Crippen molar-refractivity contribution in [1.82, 2.24) is 10.3 Å². The molecular weight excluding hydrogens is 298 g/mol. The molecule has 0 bridgehead atoms. The predicted molar refractivity (Wildman–Crippen MR) is 88.3 cm³/mol. The van der Waals surface area contributed by atoms with E-state index < -0.39 is 0 Å². The van der Waals surface area contributed by atoms with Gasteiger partial charge in [0.1, 0.15) is 0 Å². The van der Waals surface area contributed by atoms with E-state index in [0.717, 1.165) is 24.3 Å². The van der Waals surface area contributed by atoms with Crippen molar-refractivity contribution < 1.29 is 4.79 Å². The van der Waals surface area contributed by atoms with Crippen molar-refractivity contribution >= 4 is 23.2 Å². The molecule has 0 saturated carbocycles. The van der Waals surface area contributed by atoms with E-state index in [1.54, 1.807) is 6.20 Å². The van der Waals surface area contributed by atoms with E-state index in [2.05, 4.69) is 15.2 Å². The van der Waals surface area contributed by atoms with Gasteiger partial charge >= 0.3 is 0 Å². The third-order valence-corrected chi connectivity index (χ3v) is 4.22. The summed E-state index contributed by atoms with van der Waals surface area (Å²) in [4.78, 5) is 18.7. The quantitative estimate of drug-likeness (QED) is 0.942. The second kappa shape index (κ2) is 6.79. The number of carbonyl (C=O) groups is 1. The summed E-state index contributed by atoms with van der Waals surface area (Å²) in [5, 5.41) is 3.55. The van der Waals surface area contributed by atoms with Crippen LogP contribution in [0.4, 0.5) is 5.69 Å². The second-order valence-corrected chi connectivity index (χ2v) is 5.81. The number of anilines is 1. The Morgan fingerprint density at radius 2 is 2.00 bits per heavy atom. The van der Waals surface area contributed by atoms with Crippen molar-refractivity contribution in [2.75, 3.05) is 18.0 Å². The van der Waals surface area contributed by atoms with Gasteiger partial charge in [-0.05, 0) is 30.5 Å². The Morgan fingerprint density at radius 3 is 2.77 bits per heavy atom. The van der Waals surface area contributed by atoms with E-state index in [-0.39, 0.29) is 5.91 Å². The molecule has 0 spiro atoms. The fourth-order valence-electron chi connectivity index (χ4n) is 2.62. The normalized spacial score (nSPS) is 14.1. The van der Waals surface area contributed by atoms with Crippen LogP contribution in [0.2, 0.25) is 5.02 Å². The zero-order valence-electron chi connectivity index (χ0n) is 12.3. The van der Waals surface area contributed by atoms with Gasteiger partial charge in [0.2, 0.25) is 0 Å². The molecule has 0 aliphatic carbocycles. The average Bonchev–Trinajstić information content (AvgIpc) is 3.08. The number of rotatable bonds is 4. The maximum Gasteiger partial charge on any atom is 0.253 e. The molecule has 0 atom stereocenters. The van der Waals surface area contributed by atoms with E-state index in [1.165, 1.54) is 12.8 Å². The van der Waals surface area contributed by atoms with Gasteiger partial charge in [0.15, 0.2) is 0 Å². The highest BCUT2D eigenvalue weighted by molar-refractivity contribution is 6.31. The van der Waals surface area contributed by atoms with E-state index in [1.807, 2.05) is 36.5 Å². The van der Waals surface area contributed by atoms with Crippen molar-refractivity contribution in [1.29, 1.82) is 0 Å². The molecule has 1 N–H and O–H groups in total. The summed E-state index contributed by atoms with van der Waals surface area (Å²) in [6, 6.07) is 9.40. The summed E-state index contributed by atoms with van der Waals surface area (Å²) in [7, 11) is 0. The van der Waals surface area contributed by atoms with Crippen molar-refractivity contribution in [3.05, 3.63) is 58.9 Å². The number of hydrogen-bond acceptors (Lipinski definition) is 3. The van der Waals surface area contributed by atoms with Gasteiger partial charge in [-0.2, -0.15) is 0 Å². The van der Waals surface area contributed by atoms with Gasteiger partial charge in [-0.1, -0.05) is 29.8 Å². The lowest BCUT2D eigenvalue weighted by atomic mass is 10.2. The Bertz CT molecular complexity index is 668. The van der Waals surface area contributed by atoms with Gasteiger partial charge in [0.25, 0.3) is 5.91 Å². The molecule has 1 aromatic carbocycles. The molecule has 1 aliphatic rings. The molecule has 1 aromatic heterocycles. The van der Waals surface area contributed by atoms with Gasteiger partial charge in [-0.15, -0.1) is 0 Å². The van der Waals surface area contributed by atoms with Crippen LogP contribution in [0.3, 0.4) is 0 Å². The van der Waals surface area contributed by atoms with E-state index in [0.29, 0.717) is 17.1 Å². The zero-order valence-corrected chi connectivity index (χ0v) is 13.0. The van der Waals surface area contributed by atoms with Crippen LogP contribution in [0, 0.1) is 0 Å². The molecule has 1 saturated heterocycles. The van der Waals surface area contributed by atoms with Crippen LogP contribution in [0.25, 0.3) is 0 Å². The maximum atomic E-state index is 12.3. The van der Waals surface area contributed by atoms with Crippen LogP contribution >= 0.6 is 11.6 Å².